The molecule has 0 aromatic rings. The Morgan fingerprint density at radius 1 is 0.266 bits per heavy atom. The van der Waals surface area contributed by atoms with Gasteiger partial charge in [0.2, 0.25) is 0 Å². The molecule has 0 heterocycles. The van der Waals surface area contributed by atoms with E-state index in [1.165, 1.54) is 218 Å². The van der Waals surface area contributed by atoms with Gasteiger partial charge in [-0.05, 0) is 83.5 Å². The van der Waals surface area contributed by atoms with E-state index >= 15 is 0 Å². The molecule has 79 heavy (non-hydrogen) atoms. The molecule has 0 saturated heterocycles. The number of ether oxygens (including phenoxy) is 3. The van der Waals surface area contributed by atoms with Gasteiger partial charge in [0, 0.05) is 19.3 Å². The summed E-state index contributed by atoms with van der Waals surface area (Å²) in [5.74, 6) is -0.964. The van der Waals surface area contributed by atoms with E-state index in [-0.39, 0.29) is 37.5 Å². The van der Waals surface area contributed by atoms with Crippen LogP contribution in [-0.2, 0) is 28.6 Å². The van der Waals surface area contributed by atoms with Crippen LogP contribution in [0.15, 0.2) is 85.1 Å². The number of hydrogen-bond acceptors (Lipinski definition) is 6. The van der Waals surface area contributed by atoms with E-state index in [2.05, 4.69) is 99.8 Å². The maximum Gasteiger partial charge on any atom is 0.306 e. The number of rotatable bonds is 62. The molecular formula is C73H128O6. The molecule has 0 radical (unpaired) electrons. The van der Waals surface area contributed by atoms with E-state index in [0.29, 0.717) is 19.3 Å². The third kappa shape index (κ3) is 65.3. The average molecular weight is 1100 g/mol. The molecule has 0 aromatic heterocycles. The first-order valence-corrected chi connectivity index (χ1v) is 34.1. The summed E-state index contributed by atoms with van der Waals surface area (Å²) in [6, 6.07) is 0. The highest BCUT2D eigenvalue weighted by Crippen LogP contribution is 2.17. The van der Waals surface area contributed by atoms with Gasteiger partial charge < -0.3 is 14.2 Å². The predicted octanol–water partition coefficient (Wildman–Crippen LogP) is 23.4. The minimum absolute atomic E-state index is 0.0954. The molecule has 0 fully saturated rings. The van der Waals surface area contributed by atoms with E-state index < -0.39 is 6.10 Å². The van der Waals surface area contributed by atoms with E-state index in [1.807, 2.05) is 6.08 Å². The molecule has 0 rings (SSSR count). The lowest BCUT2D eigenvalue weighted by Crippen LogP contribution is -2.30. The van der Waals surface area contributed by atoms with Gasteiger partial charge in [0.15, 0.2) is 6.10 Å². The molecule has 456 valence electrons. The van der Waals surface area contributed by atoms with Crippen LogP contribution in [0.4, 0.5) is 0 Å². The maximum absolute atomic E-state index is 12.9. The van der Waals surface area contributed by atoms with Crippen molar-refractivity contribution < 1.29 is 28.6 Å². The van der Waals surface area contributed by atoms with E-state index in [1.54, 1.807) is 0 Å². The van der Waals surface area contributed by atoms with Gasteiger partial charge in [-0.3, -0.25) is 14.4 Å². The fourth-order valence-corrected chi connectivity index (χ4v) is 9.82. The molecule has 0 spiro atoms. The zero-order valence-corrected chi connectivity index (χ0v) is 52.4. The van der Waals surface area contributed by atoms with Crippen molar-refractivity contribution in [2.24, 2.45) is 0 Å². The highest BCUT2D eigenvalue weighted by Gasteiger charge is 2.19. The minimum atomic E-state index is -0.805. The molecule has 0 aliphatic carbocycles. The zero-order valence-electron chi connectivity index (χ0n) is 52.4. The van der Waals surface area contributed by atoms with Crippen LogP contribution in [0.1, 0.15) is 342 Å². The van der Waals surface area contributed by atoms with Crippen LogP contribution in [0.2, 0.25) is 0 Å². The zero-order chi connectivity index (χ0) is 57.1. The number of hydrogen-bond donors (Lipinski definition) is 0. The third-order valence-electron chi connectivity index (χ3n) is 14.9. The number of carbonyl (C=O) groups excluding carboxylic acids is 3. The van der Waals surface area contributed by atoms with Crippen molar-refractivity contribution in [3.8, 4) is 0 Å². The molecule has 1 atom stereocenters. The van der Waals surface area contributed by atoms with Crippen LogP contribution in [-0.4, -0.2) is 37.2 Å². The summed E-state index contributed by atoms with van der Waals surface area (Å²) in [4.78, 5) is 38.3. The van der Waals surface area contributed by atoms with Gasteiger partial charge in [0.25, 0.3) is 0 Å². The number of unbranched alkanes of at least 4 members (excludes halogenated alkanes) is 37. The quantitative estimate of drug-likeness (QED) is 0.0261. The smallest absolute Gasteiger partial charge is 0.306 e. The second-order valence-corrected chi connectivity index (χ2v) is 22.7. The monoisotopic (exact) mass is 1100 g/mol. The highest BCUT2D eigenvalue weighted by molar-refractivity contribution is 5.71. The summed E-state index contributed by atoms with van der Waals surface area (Å²) in [6.45, 7) is 6.49. The lowest BCUT2D eigenvalue weighted by molar-refractivity contribution is -0.166. The topological polar surface area (TPSA) is 78.9 Å². The minimum Gasteiger partial charge on any atom is -0.462 e. The molecule has 0 aliphatic rings. The Labute approximate surface area is 490 Å². The standard InChI is InChI=1S/C73H128O6/c1-4-7-10-13-16-19-22-25-27-29-31-32-33-34-35-36-37-38-39-40-42-43-45-48-51-54-57-60-63-66-72(75)78-69-70(68-77-71(74)65-62-59-56-53-50-47-24-21-18-15-12-9-6-3)79-73(76)67-64-61-58-55-52-49-46-44-41-30-28-26-23-20-17-14-11-8-5-2/h9,12,18,21-22,25,29,31,33-34,47,50,56,59,70H,4-8,10-11,13-17,19-20,23-24,26-28,30,32,35-46,48-49,51-55,57-58,60-69H2,1-3H3/b12-9-,21-18-,25-22-,31-29-,34-33-,50-47-,59-56-. The molecule has 6 heteroatoms. The van der Waals surface area contributed by atoms with Crippen LogP contribution >= 0.6 is 0 Å². The van der Waals surface area contributed by atoms with Gasteiger partial charge in [-0.25, -0.2) is 0 Å². The molecule has 0 aliphatic heterocycles. The Morgan fingerprint density at radius 2 is 0.519 bits per heavy atom. The summed E-state index contributed by atoms with van der Waals surface area (Å²) in [5.41, 5.74) is 0. The highest BCUT2D eigenvalue weighted by atomic mass is 16.6. The van der Waals surface area contributed by atoms with Crippen molar-refractivity contribution in [1.29, 1.82) is 0 Å². The fraction of sp³-hybridized carbons (Fsp3) is 0.767. The van der Waals surface area contributed by atoms with Crippen LogP contribution < -0.4 is 0 Å². The predicted molar refractivity (Wildman–Crippen MR) is 344 cm³/mol. The van der Waals surface area contributed by atoms with Crippen molar-refractivity contribution in [3.05, 3.63) is 85.1 Å². The largest absolute Gasteiger partial charge is 0.462 e. The van der Waals surface area contributed by atoms with Crippen LogP contribution in [0.5, 0.6) is 0 Å². The average Bonchev–Trinajstić information content (AvgIpc) is 3.45. The summed E-state index contributed by atoms with van der Waals surface area (Å²) in [6.07, 6.45) is 89.1. The Balaban J connectivity index is 4.26. The van der Waals surface area contributed by atoms with Crippen molar-refractivity contribution in [2.45, 2.75) is 348 Å². The first-order valence-electron chi connectivity index (χ1n) is 34.1. The molecule has 6 nitrogen and oxygen atoms in total. The first kappa shape index (κ1) is 75.6. The Morgan fingerprint density at radius 3 is 0.848 bits per heavy atom. The van der Waals surface area contributed by atoms with Gasteiger partial charge in [-0.1, -0.05) is 324 Å². The van der Waals surface area contributed by atoms with E-state index in [9.17, 15) is 14.4 Å². The Hall–Kier alpha value is -3.41. The van der Waals surface area contributed by atoms with Gasteiger partial charge in [-0.2, -0.15) is 0 Å². The summed E-state index contributed by atoms with van der Waals surface area (Å²) >= 11 is 0. The van der Waals surface area contributed by atoms with Gasteiger partial charge >= 0.3 is 17.9 Å². The van der Waals surface area contributed by atoms with Crippen LogP contribution in [0.25, 0.3) is 0 Å². The molecule has 0 aromatic carbocycles. The van der Waals surface area contributed by atoms with Gasteiger partial charge in [0.05, 0.1) is 0 Å². The second-order valence-electron chi connectivity index (χ2n) is 22.7. The van der Waals surface area contributed by atoms with E-state index in [4.69, 9.17) is 14.2 Å². The summed E-state index contributed by atoms with van der Waals surface area (Å²) in [5, 5.41) is 0. The normalized spacial score (nSPS) is 12.6. The fourth-order valence-electron chi connectivity index (χ4n) is 9.82. The third-order valence-corrected chi connectivity index (χ3v) is 14.9. The Bertz CT molecular complexity index is 1500. The maximum atomic E-state index is 12.9. The molecule has 0 N–H and O–H groups in total. The summed E-state index contributed by atoms with van der Waals surface area (Å²) in [7, 11) is 0. The Kier molecular flexibility index (Phi) is 64.2. The van der Waals surface area contributed by atoms with Crippen molar-refractivity contribution in [1.82, 2.24) is 0 Å². The molecular weight excluding hydrogens is 973 g/mol. The lowest BCUT2D eigenvalue weighted by atomic mass is 10.0. The number of allylic oxidation sites excluding steroid dienone is 14. The molecule has 0 amide bonds. The van der Waals surface area contributed by atoms with E-state index in [0.717, 1.165) is 77.0 Å². The van der Waals surface area contributed by atoms with Gasteiger partial charge in [0.1, 0.15) is 13.2 Å². The summed E-state index contributed by atoms with van der Waals surface area (Å²) < 4.78 is 16.9. The molecule has 0 bridgehead atoms. The van der Waals surface area contributed by atoms with Crippen LogP contribution in [0.3, 0.4) is 0 Å². The van der Waals surface area contributed by atoms with Gasteiger partial charge in [-0.15, -0.1) is 0 Å². The molecule has 1 unspecified atom stereocenters. The SMILES string of the molecule is CC/C=C\C/C=C\C/C=C\C/C=C\CCC(=O)OCC(COC(=O)CCCCCCCCCCCCCCCC/C=C\C/C=C\C/C=C\CCCCCCC)OC(=O)CCCCCCCCCCCCCCCCCCCCC. The first-order chi connectivity index (χ1) is 39.0. The van der Waals surface area contributed by atoms with Crippen LogP contribution in [0, 0.1) is 0 Å². The van der Waals surface area contributed by atoms with Crippen molar-refractivity contribution in [3.63, 3.8) is 0 Å². The second kappa shape index (κ2) is 67.1. The number of carbonyl (C=O) groups is 3. The van der Waals surface area contributed by atoms with Crippen molar-refractivity contribution in [2.75, 3.05) is 13.2 Å². The lowest BCUT2D eigenvalue weighted by Gasteiger charge is -2.18. The van der Waals surface area contributed by atoms with Crippen molar-refractivity contribution >= 4 is 17.9 Å². The number of esters is 3. The molecule has 0 saturated carbocycles.